The zero-order valence-electron chi connectivity index (χ0n) is 14.2. The van der Waals surface area contributed by atoms with E-state index in [-0.39, 0.29) is 11.4 Å². The Hall–Kier alpha value is -2.74. The Morgan fingerprint density at radius 2 is 2.08 bits per heavy atom. The minimum Gasteiger partial charge on any atom is -0.451 e. The van der Waals surface area contributed by atoms with Crippen LogP contribution in [0.3, 0.4) is 0 Å². The lowest BCUT2D eigenvalue weighted by molar-refractivity contribution is -0.384. The second-order valence-electron chi connectivity index (χ2n) is 6.12. The SMILES string of the molecule is Cc1cccc([N+](=O)[O-])c1NC(=O)COC(=O)c1cc2c(s1)CCCC2. The first-order valence-corrected chi connectivity index (χ1v) is 9.10. The van der Waals surface area contributed by atoms with Crippen LogP contribution in [0.2, 0.25) is 0 Å². The van der Waals surface area contributed by atoms with Crippen LogP contribution >= 0.6 is 11.3 Å². The summed E-state index contributed by atoms with van der Waals surface area (Å²) >= 11 is 1.41. The summed E-state index contributed by atoms with van der Waals surface area (Å²) in [6.45, 7) is 1.16. The predicted molar refractivity (Wildman–Crippen MR) is 97.7 cm³/mol. The number of para-hydroxylation sites is 1. The summed E-state index contributed by atoms with van der Waals surface area (Å²) in [7, 11) is 0. The molecule has 0 atom stereocenters. The molecule has 8 heteroatoms. The number of nitrogens with zero attached hydrogens (tertiary/aromatic N) is 1. The van der Waals surface area contributed by atoms with Crippen molar-refractivity contribution in [3.8, 4) is 0 Å². The molecule has 0 aliphatic heterocycles. The number of benzene rings is 1. The quantitative estimate of drug-likeness (QED) is 0.489. The molecule has 1 amide bonds. The Labute approximate surface area is 154 Å². The molecule has 26 heavy (non-hydrogen) atoms. The fraction of sp³-hybridized carbons (Fsp3) is 0.333. The Balaban J connectivity index is 1.62. The molecular weight excluding hydrogens is 356 g/mol. The molecule has 2 aromatic rings. The van der Waals surface area contributed by atoms with E-state index in [9.17, 15) is 19.7 Å². The van der Waals surface area contributed by atoms with E-state index in [1.165, 1.54) is 27.8 Å². The van der Waals surface area contributed by atoms with E-state index in [0.29, 0.717) is 10.4 Å². The third-order valence-corrected chi connectivity index (χ3v) is 5.46. The van der Waals surface area contributed by atoms with Crippen molar-refractivity contribution in [1.29, 1.82) is 0 Å². The van der Waals surface area contributed by atoms with Crippen molar-refractivity contribution in [2.24, 2.45) is 0 Å². The number of carbonyl (C=O) groups excluding carboxylic acids is 2. The minimum absolute atomic E-state index is 0.116. The van der Waals surface area contributed by atoms with Crippen LogP contribution in [-0.2, 0) is 22.4 Å². The van der Waals surface area contributed by atoms with Crippen LogP contribution < -0.4 is 5.32 Å². The van der Waals surface area contributed by atoms with Gasteiger partial charge in [0.25, 0.3) is 11.6 Å². The summed E-state index contributed by atoms with van der Waals surface area (Å²) in [5.74, 6) is -1.16. The van der Waals surface area contributed by atoms with Gasteiger partial charge in [-0.2, -0.15) is 0 Å². The van der Waals surface area contributed by atoms with Crippen LogP contribution in [0.25, 0.3) is 0 Å². The molecule has 1 aliphatic rings. The number of esters is 1. The zero-order chi connectivity index (χ0) is 18.7. The van der Waals surface area contributed by atoms with Crippen LogP contribution in [-0.4, -0.2) is 23.4 Å². The number of ether oxygens (including phenoxy) is 1. The first-order valence-electron chi connectivity index (χ1n) is 8.28. The molecular formula is C18H18N2O5S. The van der Waals surface area contributed by atoms with E-state index in [1.807, 2.05) is 6.07 Å². The normalized spacial score (nSPS) is 13.0. The van der Waals surface area contributed by atoms with E-state index >= 15 is 0 Å². The number of carbonyl (C=O) groups is 2. The number of thiophene rings is 1. The van der Waals surface area contributed by atoms with Crippen molar-refractivity contribution >= 4 is 34.6 Å². The van der Waals surface area contributed by atoms with Crippen molar-refractivity contribution < 1.29 is 19.2 Å². The van der Waals surface area contributed by atoms with Crippen molar-refractivity contribution in [2.75, 3.05) is 11.9 Å². The molecule has 3 rings (SSSR count). The zero-order valence-corrected chi connectivity index (χ0v) is 15.1. The highest BCUT2D eigenvalue weighted by Gasteiger charge is 2.21. The molecule has 1 N–H and O–H groups in total. The molecule has 0 spiro atoms. The monoisotopic (exact) mass is 374 g/mol. The molecule has 0 saturated heterocycles. The number of aryl methyl sites for hydroxylation is 3. The lowest BCUT2D eigenvalue weighted by Gasteiger charge is -2.09. The molecule has 1 aromatic carbocycles. The van der Waals surface area contributed by atoms with Gasteiger partial charge in [-0.3, -0.25) is 14.9 Å². The van der Waals surface area contributed by atoms with Crippen molar-refractivity contribution in [1.82, 2.24) is 0 Å². The maximum Gasteiger partial charge on any atom is 0.348 e. The second-order valence-corrected chi connectivity index (χ2v) is 7.25. The molecule has 0 radical (unpaired) electrons. The maximum absolute atomic E-state index is 12.2. The van der Waals surface area contributed by atoms with Gasteiger partial charge in [-0.25, -0.2) is 4.79 Å². The third-order valence-electron chi connectivity index (χ3n) is 4.24. The highest BCUT2D eigenvalue weighted by atomic mass is 32.1. The van der Waals surface area contributed by atoms with Gasteiger partial charge in [-0.1, -0.05) is 12.1 Å². The predicted octanol–water partition coefficient (Wildman–Crippen LogP) is 3.64. The average molecular weight is 374 g/mol. The highest BCUT2D eigenvalue weighted by molar-refractivity contribution is 7.14. The summed E-state index contributed by atoms with van der Waals surface area (Å²) in [4.78, 5) is 36.4. The number of hydrogen-bond acceptors (Lipinski definition) is 6. The first-order chi connectivity index (χ1) is 12.5. The van der Waals surface area contributed by atoms with Gasteiger partial charge in [0.1, 0.15) is 10.6 Å². The lowest BCUT2D eigenvalue weighted by Crippen LogP contribution is -2.21. The molecule has 7 nitrogen and oxygen atoms in total. The number of nitro benzene ring substituents is 1. The molecule has 136 valence electrons. The lowest BCUT2D eigenvalue weighted by atomic mass is 9.99. The largest absolute Gasteiger partial charge is 0.451 e. The topological polar surface area (TPSA) is 98.5 Å². The summed E-state index contributed by atoms with van der Waals surface area (Å²) in [5.41, 5.74) is 1.67. The van der Waals surface area contributed by atoms with Crippen molar-refractivity contribution in [2.45, 2.75) is 32.6 Å². The van der Waals surface area contributed by atoms with E-state index in [2.05, 4.69) is 5.32 Å². The Bertz CT molecular complexity index is 851. The summed E-state index contributed by atoms with van der Waals surface area (Å²) in [5, 5.41) is 13.5. The summed E-state index contributed by atoms with van der Waals surface area (Å²) in [6, 6.07) is 6.35. The standard InChI is InChI=1S/C18H18N2O5S/c1-11-5-4-7-13(20(23)24)17(11)19-16(21)10-25-18(22)15-9-12-6-2-3-8-14(12)26-15/h4-5,7,9H,2-3,6,8,10H2,1H3,(H,19,21). The number of amides is 1. The van der Waals surface area contributed by atoms with Crippen molar-refractivity contribution in [3.05, 3.63) is 55.3 Å². The molecule has 0 saturated carbocycles. The number of rotatable bonds is 5. The smallest absolute Gasteiger partial charge is 0.348 e. The molecule has 0 fully saturated rings. The highest BCUT2D eigenvalue weighted by Crippen LogP contribution is 2.30. The van der Waals surface area contributed by atoms with Crippen LogP contribution in [0.15, 0.2) is 24.3 Å². The van der Waals surface area contributed by atoms with Gasteiger partial charge in [-0.15, -0.1) is 11.3 Å². The van der Waals surface area contributed by atoms with Crippen LogP contribution in [0.5, 0.6) is 0 Å². The number of fused-ring (bicyclic) bond motifs is 1. The molecule has 0 bridgehead atoms. The maximum atomic E-state index is 12.2. The van der Waals surface area contributed by atoms with Crippen LogP contribution in [0.1, 0.15) is 38.5 Å². The Kier molecular flexibility index (Phi) is 5.32. The van der Waals surface area contributed by atoms with Crippen LogP contribution in [0, 0.1) is 17.0 Å². The number of nitro groups is 1. The molecule has 1 aromatic heterocycles. The summed E-state index contributed by atoms with van der Waals surface area (Å²) < 4.78 is 5.07. The molecule has 1 heterocycles. The molecule has 0 unspecified atom stereocenters. The first kappa shape index (κ1) is 18.1. The van der Waals surface area contributed by atoms with Gasteiger partial charge in [0, 0.05) is 10.9 Å². The third kappa shape index (κ3) is 3.91. The average Bonchev–Trinajstić information content (AvgIpc) is 3.05. The van der Waals surface area contributed by atoms with Gasteiger partial charge in [-0.05, 0) is 49.8 Å². The minimum atomic E-state index is -0.614. The van der Waals surface area contributed by atoms with Gasteiger partial charge < -0.3 is 10.1 Å². The van der Waals surface area contributed by atoms with Crippen molar-refractivity contribution in [3.63, 3.8) is 0 Å². The fourth-order valence-electron chi connectivity index (χ4n) is 2.94. The number of nitrogens with one attached hydrogen (secondary N) is 1. The van der Waals surface area contributed by atoms with Gasteiger partial charge in [0.2, 0.25) is 0 Å². The number of hydrogen-bond donors (Lipinski definition) is 1. The van der Waals surface area contributed by atoms with E-state index in [1.54, 1.807) is 19.1 Å². The van der Waals surface area contributed by atoms with E-state index < -0.39 is 23.4 Å². The number of anilines is 1. The van der Waals surface area contributed by atoms with Gasteiger partial charge >= 0.3 is 5.97 Å². The second kappa shape index (κ2) is 7.65. The van der Waals surface area contributed by atoms with E-state index in [4.69, 9.17) is 4.74 Å². The summed E-state index contributed by atoms with van der Waals surface area (Å²) in [6.07, 6.45) is 4.19. The Morgan fingerprint density at radius 3 is 2.81 bits per heavy atom. The van der Waals surface area contributed by atoms with Gasteiger partial charge in [0.15, 0.2) is 6.61 Å². The Morgan fingerprint density at radius 1 is 1.31 bits per heavy atom. The molecule has 1 aliphatic carbocycles. The fourth-order valence-corrected chi connectivity index (χ4v) is 4.08. The van der Waals surface area contributed by atoms with Crippen LogP contribution in [0.4, 0.5) is 11.4 Å². The van der Waals surface area contributed by atoms with E-state index in [0.717, 1.165) is 25.7 Å². The van der Waals surface area contributed by atoms with Gasteiger partial charge in [0.05, 0.1) is 4.92 Å².